The standard InChI is InChI=1S/C22H29N3O3/c1-16-9-11-25(12-10-16)15-19-7-4-3-6-18(19)14-23-21(26)17(2)24-22(27)20-8-5-13-28-20/h3-8,13,16-17H,9-12,14-15H2,1-2H3,(H,23,26)(H,24,27). The predicted molar refractivity (Wildman–Crippen MR) is 108 cm³/mol. The van der Waals surface area contributed by atoms with Gasteiger partial charge in [-0.2, -0.15) is 0 Å². The van der Waals surface area contributed by atoms with Crippen LogP contribution >= 0.6 is 0 Å². The Balaban J connectivity index is 1.52. The molecule has 2 aromatic rings. The van der Waals surface area contributed by atoms with Gasteiger partial charge in [-0.3, -0.25) is 14.5 Å². The predicted octanol–water partition coefficient (Wildman–Crippen LogP) is 2.95. The third-order valence-electron chi connectivity index (χ3n) is 5.33. The van der Waals surface area contributed by atoms with Crippen molar-refractivity contribution in [3.05, 3.63) is 59.5 Å². The normalized spacial score (nSPS) is 16.5. The Bertz CT molecular complexity index is 780. The summed E-state index contributed by atoms with van der Waals surface area (Å²) in [7, 11) is 0. The van der Waals surface area contributed by atoms with Gasteiger partial charge in [0, 0.05) is 13.1 Å². The summed E-state index contributed by atoms with van der Waals surface area (Å²) in [4.78, 5) is 26.9. The van der Waals surface area contributed by atoms with Gasteiger partial charge in [0.15, 0.2) is 5.76 Å². The van der Waals surface area contributed by atoms with E-state index in [2.05, 4.69) is 28.5 Å². The van der Waals surface area contributed by atoms with Crippen LogP contribution in [0, 0.1) is 5.92 Å². The van der Waals surface area contributed by atoms with Gasteiger partial charge in [-0.05, 0) is 62.0 Å². The summed E-state index contributed by atoms with van der Waals surface area (Å²) >= 11 is 0. The molecule has 1 fully saturated rings. The summed E-state index contributed by atoms with van der Waals surface area (Å²) in [5.41, 5.74) is 2.35. The zero-order chi connectivity index (χ0) is 19.9. The molecule has 2 heterocycles. The van der Waals surface area contributed by atoms with Crippen LogP contribution in [0.15, 0.2) is 47.1 Å². The van der Waals surface area contributed by atoms with Crippen LogP contribution in [0.4, 0.5) is 0 Å². The lowest BCUT2D eigenvalue weighted by atomic mass is 9.98. The number of benzene rings is 1. The zero-order valence-electron chi connectivity index (χ0n) is 16.6. The van der Waals surface area contributed by atoms with Crippen LogP contribution < -0.4 is 10.6 Å². The van der Waals surface area contributed by atoms with E-state index >= 15 is 0 Å². The number of rotatable bonds is 7. The number of hydrogen-bond donors (Lipinski definition) is 2. The number of likely N-dealkylation sites (tertiary alicyclic amines) is 1. The number of carbonyl (C=O) groups excluding carboxylic acids is 2. The van der Waals surface area contributed by atoms with E-state index in [9.17, 15) is 9.59 Å². The lowest BCUT2D eigenvalue weighted by Gasteiger charge is -2.30. The van der Waals surface area contributed by atoms with Gasteiger partial charge < -0.3 is 15.1 Å². The van der Waals surface area contributed by atoms with Crippen molar-refractivity contribution in [2.24, 2.45) is 5.92 Å². The maximum atomic E-state index is 12.4. The molecule has 1 unspecified atom stereocenters. The molecule has 1 aromatic carbocycles. The molecule has 1 aliphatic rings. The number of amides is 2. The Labute approximate surface area is 166 Å². The molecule has 0 radical (unpaired) electrons. The van der Waals surface area contributed by atoms with Gasteiger partial charge in [0.1, 0.15) is 6.04 Å². The monoisotopic (exact) mass is 383 g/mol. The van der Waals surface area contributed by atoms with Crippen LogP contribution in [0.3, 0.4) is 0 Å². The minimum atomic E-state index is -0.645. The molecule has 1 aromatic heterocycles. The van der Waals surface area contributed by atoms with Crippen molar-refractivity contribution in [2.45, 2.75) is 45.8 Å². The highest BCUT2D eigenvalue weighted by Crippen LogP contribution is 2.19. The van der Waals surface area contributed by atoms with Gasteiger partial charge in [0.05, 0.1) is 6.26 Å². The molecular weight excluding hydrogens is 354 g/mol. The summed E-state index contributed by atoms with van der Waals surface area (Å²) in [6.07, 6.45) is 3.91. The van der Waals surface area contributed by atoms with E-state index in [1.54, 1.807) is 19.1 Å². The van der Waals surface area contributed by atoms with Gasteiger partial charge in [-0.1, -0.05) is 31.2 Å². The van der Waals surface area contributed by atoms with Crippen LogP contribution in [0.2, 0.25) is 0 Å². The zero-order valence-corrected chi connectivity index (χ0v) is 16.6. The van der Waals surface area contributed by atoms with Gasteiger partial charge in [-0.25, -0.2) is 0 Å². The summed E-state index contributed by atoms with van der Waals surface area (Å²) in [5, 5.41) is 5.58. The maximum absolute atomic E-state index is 12.4. The van der Waals surface area contributed by atoms with Crippen molar-refractivity contribution in [2.75, 3.05) is 13.1 Å². The molecule has 6 heteroatoms. The Morgan fingerprint density at radius 2 is 1.86 bits per heavy atom. The second kappa shape index (κ2) is 9.55. The fourth-order valence-electron chi connectivity index (χ4n) is 3.42. The van der Waals surface area contributed by atoms with Gasteiger partial charge in [0.25, 0.3) is 5.91 Å². The summed E-state index contributed by atoms with van der Waals surface area (Å²) < 4.78 is 5.05. The Kier molecular flexibility index (Phi) is 6.87. The number of nitrogens with one attached hydrogen (secondary N) is 2. The number of piperidine rings is 1. The topological polar surface area (TPSA) is 74.6 Å². The molecule has 2 N–H and O–H groups in total. The SMILES string of the molecule is CC1CCN(Cc2ccccc2CNC(=O)C(C)NC(=O)c2ccco2)CC1. The van der Waals surface area contributed by atoms with Crippen molar-refractivity contribution in [1.82, 2.24) is 15.5 Å². The van der Waals surface area contributed by atoms with Crippen molar-refractivity contribution >= 4 is 11.8 Å². The molecule has 3 rings (SSSR count). The molecule has 0 spiro atoms. The lowest BCUT2D eigenvalue weighted by Crippen LogP contribution is -2.44. The molecule has 1 saturated heterocycles. The number of furan rings is 1. The van der Waals surface area contributed by atoms with E-state index in [4.69, 9.17) is 4.42 Å². The Morgan fingerprint density at radius 3 is 2.54 bits per heavy atom. The van der Waals surface area contributed by atoms with E-state index in [1.165, 1.54) is 24.7 Å². The van der Waals surface area contributed by atoms with Crippen molar-refractivity contribution in [3.63, 3.8) is 0 Å². The average molecular weight is 383 g/mol. The van der Waals surface area contributed by atoms with Crippen LogP contribution in [-0.4, -0.2) is 35.8 Å². The highest BCUT2D eigenvalue weighted by molar-refractivity contribution is 5.95. The lowest BCUT2D eigenvalue weighted by molar-refractivity contribution is -0.122. The number of carbonyl (C=O) groups is 2. The van der Waals surface area contributed by atoms with E-state index < -0.39 is 11.9 Å². The van der Waals surface area contributed by atoms with E-state index in [-0.39, 0.29) is 11.7 Å². The third kappa shape index (κ3) is 5.45. The van der Waals surface area contributed by atoms with Crippen molar-refractivity contribution in [3.8, 4) is 0 Å². The first-order chi connectivity index (χ1) is 13.5. The molecule has 150 valence electrons. The van der Waals surface area contributed by atoms with Crippen molar-refractivity contribution in [1.29, 1.82) is 0 Å². The fourth-order valence-corrected chi connectivity index (χ4v) is 3.42. The highest BCUT2D eigenvalue weighted by Gasteiger charge is 2.19. The molecule has 0 bridgehead atoms. The van der Waals surface area contributed by atoms with Crippen LogP contribution in [0.25, 0.3) is 0 Å². The van der Waals surface area contributed by atoms with Crippen LogP contribution in [0.5, 0.6) is 0 Å². The highest BCUT2D eigenvalue weighted by atomic mass is 16.3. The van der Waals surface area contributed by atoms with E-state index in [0.29, 0.717) is 6.54 Å². The Morgan fingerprint density at radius 1 is 1.14 bits per heavy atom. The van der Waals surface area contributed by atoms with Gasteiger partial charge >= 0.3 is 0 Å². The average Bonchev–Trinajstić information content (AvgIpc) is 3.24. The number of nitrogens with zero attached hydrogens (tertiary/aromatic N) is 1. The number of hydrogen-bond acceptors (Lipinski definition) is 4. The molecule has 28 heavy (non-hydrogen) atoms. The van der Waals surface area contributed by atoms with E-state index in [0.717, 1.165) is 31.1 Å². The Hall–Kier alpha value is -2.60. The van der Waals surface area contributed by atoms with E-state index in [1.807, 2.05) is 18.2 Å². The first kappa shape index (κ1) is 20.1. The molecule has 1 atom stereocenters. The van der Waals surface area contributed by atoms with Crippen LogP contribution in [-0.2, 0) is 17.9 Å². The minimum Gasteiger partial charge on any atom is -0.459 e. The second-order valence-corrected chi connectivity index (χ2v) is 7.62. The second-order valence-electron chi connectivity index (χ2n) is 7.62. The molecular formula is C22H29N3O3. The largest absolute Gasteiger partial charge is 0.459 e. The molecule has 0 saturated carbocycles. The smallest absolute Gasteiger partial charge is 0.287 e. The summed E-state index contributed by atoms with van der Waals surface area (Å²) in [6.45, 7) is 7.57. The quantitative estimate of drug-likeness (QED) is 0.771. The fraction of sp³-hybridized carbons (Fsp3) is 0.455. The molecule has 2 amide bonds. The molecule has 1 aliphatic heterocycles. The first-order valence-corrected chi connectivity index (χ1v) is 9.94. The van der Waals surface area contributed by atoms with Gasteiger partial charge in [0.2, 0.25) is 5.91 Å². The van der Waals surface area contributed by atoms with Crippen LogP contribution in [0.1, 0.15) is 48.4 Å². The molecule has 0 aliphatic carbocycles. The first-order valence-electron chi connectivity index (χ1n) is 9.94. The van der Waals surface area contributed by atoms with Gasteiger partial charge in [-0.15, -0.1) is 0 Å². The van der Waals surface area contributed by atoms with Crippen molar-refractivity contribution < 1.29 is 14.0 Å². The summed E-state index contributed by atoms with van der Waals surface area (Å²) in [5.74, 6) is 0.387. The maximum Gasteiger partial charge on any atom is 0.287 e. The third-order valence-corrected chi connectivity index (χ3v) is 5.33. The summed E-state index contributed by atoms with van der Waals surface area (Å²) in [6, 6.07) is 10.8. The molecule has 6 nitrogen and oxygen atoms in total. The minimum absolute atomic E-state index is 0.195.